The molecule has 0 radical (unpaired) electrons. The lowest BCUT2D eigenvalue weighted by Gasteiger charge is -2.37. The number of alkyl halides is 2. The van der Waals surface area contributed by atoms with Gasteiger partial charge in [-0.15, -0.1) is 8.78 Å². The zero-order chi connectivity index (χ0) is 31.8. The van der Waals surface area contributed by atoms with Crippen molar-refractivity contribution in [3.05, 3.63) is 54.1 Å². The van der Waals surface area contributed by atoms with Crippen molar-refractivity contribution < 1.29 is 41.4 Å². The summed E-state index contributed by atoms with van der Waals surface area (Å²) < 4.78 is 64.5. The number of carbonyl (C=O) groups excluding carboxylic acids is 2. The van der Waals surface area contributed by atoms with Crippen LogP contribution in [0.2, 0.25) is 0 Å². The molecule has 43 heavy (non-hydrogen) atoms. The van der Waals surface area contributed by atoms with Gasteiger partial charge in [-0.05, 0) is 37.1 Å². The van der Waals surface area contributed by atoms with E-state index >= 15 is 0 Å². The van der Waals surface area contributed by atoms with Gasteiger partial charge in [0, 0.05) is 32.0 Å². The molecule has 0 bridgehead atoms. The van der Waals surface area contributed by atoms with E-state index in [4.69, 9.17) is 5.26 Å². The molecule has 2 aromatic carbocycles. The monoisotopic (exact) mass is 623 g/mol. The van der Waals surface area contributed by atoms with Crippen molar-refractivity contribution >= 4 is 21.8 Å². The van der Waals surface area contributed by atoms with E-state index < -0.39 is 52.6 Å². The average Bonchev–Trinajstić information content (AvgIpc) is 3.26. The first kappa shape index (κ1) is 33.7. The maximum atomic E-state index is 13.8. The van der Waals surface area contributed by atoms with Crippen LogP contribution in [0.5, 0.6) is 11.5 Å². The highest BCUT2D eigenvalue weighted by Gasteiger charge is 2.44. The molecule has 0 aromatic heterocycles. The van der Waals surface area contributed by atoms with E-state index in [1.165, 1.54) is 7.05 Å². The summed E-state index contributed by atoms with van der Waals surface area (Å²) in [6.45, 7) is 2.76. The van der Waals surface area contributed by atoms with Crippen LogP contribution < -0.4 is 20.2 Å². The van der Waals surface area contributed by atoms with Crippen molar-refractivity contribution in [2.75, 3.05) is 26.7 Å². The maximum Gasteiger partial charge on any atom is 0.586 e. The van der Waals surface area contributed by atoms with Crippen molar-refractivity contribution in [2.24, 2.45) is 5.92 Å². The van der Waals surface area contributed by atoms with E-state index in [-0.39, 0.29) is 48.9 Å². The number of aliphatic hydroxyl groups is 1. The second kappa shape index (κ2) is 14.6. The molecule has 0 aliphatic carbocycles. The van der Waals surface area contributed by atoms with Crippen LogP contribution in [-0.2, 0) is 26.0 Å². The summed E-state index contributed by atoms with van der Waals surface area (Å²) in [6, 6.07) is 12.6. The molecule has 234 valence electrons. The summed E-state index contributed by atoms with van der Waals surface area (Å²) in [7, 11) is -2.87. The second-order valence-electron chi connectivity index (χ2n) is 10.3. The Morgan fingerprint density at radius 2 is 1.77 bits per heavy atom. The Morgan fingerprint density at radius 3 is 2.40 bits per heavy atom. The predicted octanol–water partition coefficient (Wildman–Crippen LogP) is 2.01. The van der Waals surface area contributed by atoms with Crippen LogP contribution >= 0.6 is 0 Å². The minimum absolute atomic E-state index is 0.0226. The number of hydrazine groups is 1. The highest BCUT2D eigenvalue weighted by Crippen LogP contribution is 2.42. The summed E-state index contributed by atoms with van der Waals surface area (Å²) >= 11 is 0. The third kappa shape index (κ3) is 9.07. The van der Waals surface area contributed by atoms with Gasteiger partial charge in [0.25, 0.3) is 5.91 Å². The molecule has 3 rings (SSSR count). The molecule has 2 aromatic rings. The summed E-state index contributed by atoms with van der Waals surface area (Å²) in [4.78, 5) is 25.4. The Morgan fingerprint density at radius 1 is 1.09 bits per heavy atom. The van der Waals surface area contributed by atoms with Crippen molar-refractivity contribution in [1.82, 2.24) is 20.1 Å². The number of benzene rings is 2. The smallest absolute Gasteiger partial charge is 0.395 e. The summed E-state index contributed by atoms with van der Waals surface area (Å²) in [5.74, 6) is -2.26. The van der Waals surface area contributed by atoms with Crippen molar-refractivity contribution in [2.45, 2.75) is 56.4 Å². The molecule has 0 fully saturated rings. The van der Waals surface area contributed by atoms with Gasteiger partial charge in [-0.1, -0.05) is 44.2 Å². The van der Waals surface area contributed by atoms with Crippen molar-refractivity contribution in [1.29, 1.82) is 5.26 Å². The average molecular weight is 624 g/mol. The number of ether oxygens (including phenoxy) is 2. The summed E-state index contributed by atoms with van der Waals surface area (Å²) in [6.07, 6.45) is -5.88. The van der Waals surface area contributed by atoms with Gasteiger partial charge in [0.15, 0.2) is 11.5 Å². The zero-order valence-corrected chi connectivity index (χ0v) is 24.8. The number of nitrogens with zero attached hydrogens (tertiary/aromatic N) is 3. The number of likely N-dealkylation sites (N-methyl/N-ethyl adjacent to an activating group) is 1. The number of sulfonamides is 1. The molecule has 15 heteroatoms. The number of fused-ring (bicyclic) bond motifs is 1. The molecular weight excluding hydrogens is 588 g/mol. The number of halogens is 2. The number of hydrogen-bond acceptors (Lipinski definition) is 9. The Balaban J connectivity index is 2.00. The molecule has 0 spiro atoms. The van der Waals surface area contributed by atoms with Crippen molar-refractivity contribution in [3.63, 3.8) is 0 Å². The molecule has 1 aliphatic rings. The van der Waals surface area contributed by atoms with Gasteiger partial charge in [0.05, 0.1) is 29.7 Å². The normalized spacial score (nSPS) is 15.1. The maximum absolute atomic E-state index is 13.8. The first-order chi connectivity index (χ1) is 20.3. The van der Waals surface area contributed by atoms with E-state index in [1.54, 1.807) is 44.2 Å². The summed E-state index contributed by atoms with van der Waals surface area (Å²) in [5, 5.41) is 24.3. The van der Waals surface area contributed by atoms with E-state index in [1.807, 2.05) is 6.07 Å². The zero-order valence-electron chi connectivity index (χ0n) is 24.0. The van der Waals surface area contributed by atoms with Gasteiger partial charge in [-0.3, -0.25) is 15.0 Å². The van der Waals surface area contributed by atoms with Crippen LogP contribution in [0.1, 0.15) is 32.3 Å². The van der Waals surface area contributed by atoms with Gasteiger partial charge in [0.2, 0.25) is 15.9 Å². The number of nitrogens with one attached hydrogen (secondary N) is 2. The van der Waals surface area contributed by atoms with Crippen LogP contribution in [0, 0.1) is 17.2 Å². The van der Waals surface area contributed by atoms with E-state index in [9.17, 15) is 31.9 Å². The molecule has 0 saturated heterocycles. The topological polar surface area (TPSA) is 161 Å². The summed E-state index contributed by atoms with van der Waals surface area (Å²) in [5.41, 5.74) is 3.17. The lowest BCUT2D eigenvalue weighted by Crippen LogP contribution is -2.60. The van der Waals surface area contributed by atoms with E-state index in [0.29, 0.717) is 5.56 Å². The molecule has 1 unspecified atom stereocenters. The number of amides is 2. The Labute approximate surface area is 249 Å². The van der Waals surface area contributed by atoms with Gasteiger partial charge in [0.1, 0.15) is 0 Å². The van der Waals surface area contributed by atoms with Gasteiger partial charge < -0.3 is 19.9 Å². The van der Waals surface area contributed by atoms with Crippen LogP contribution in [0.4, 0.5) is 8.78 Å². The molecule has 1 heterocycles. The fraction of sp³-hybridized carbons (Fsp3) is 0.464. The third-order valence-electron chi connectivity index (χ3n) is 6.34. The minimum Gasteiger partial charge on any atom is -0.395 e. The number of nitriles is 1. The quantitative estimate of drug-likeness (QED) is 0.267. The highest BCUT2D eigenvalue weighted by molar-refractivity contribution is 7.89. The van der Waals surface area contributed by atoms with E-state index in [0.717, 1.165) is 27.5 Å². The number of hydrogen-bond donors (Lipinski definition) is 3. The molecule has 0 saturated carbocycles. The minimum atomic E-state index is -4.40. The molecule has 2 atom stereocenters. The van der Waals surface area contributed by atoms with Crippen LogP contribution in [0.25, 0.3) is 0 Å². The molecular formula is C28H35F2N5O7S. The fourth-order valence-corrected chi connectivity index (χ4v) is 6.09. The SMILES string of the molecule is CNCC(=O)NN(C(=O)CCC#N)C(Cc1ccccc1)[C@H](O)CN(CC(C)C)S(=O)(=O)c1ccc2c(c1)OC(F)(F)O2. The van der Waals surface area contributed by atoms with E-state index in [2.05, 4.69) is 20.2 Å². The van der Waals surface area contributed by atoms with Crippen LogP contribution in [0.3, 0.4) is 0 Å². The number of carbonyl (C=O) groups is 2. The highest BCUT2D eigenvalue weighted by atomic mass is 32.2. The van der Waals surface area contributed by atoms with Crippen LogP contribution in [0.15, 0.2) is 53.4 Å². The number of aliphatic hydroxyl groups excluding tert-OH is 1. The first-order valence-corrected chi connectivity index (χ1v) is 15.0. The lowest BCUT2D eigenvalue weighted by atomic mass is 9.99. The first-order valence-electron chi connectivity index (χ1n) is 13.5. The molecule has 1 aliphatic heterocycles. The fourth-order valence-electron chi connectivity index (χ4n) is 4.45. The van der Waals surface area contributed by atoms with Gasteiger partial charge in [-0.25, -0.2) is 13.4 Å². The predicted molar refractivity (Wildman–Crippen MR) is 150 cm³/mol. The Bertz CT molecular complexity index is 1420. The number of rotatable bonds is 14. The standard InChI is InChI=1S/C28H35F2N5O7S/c1-19(2)17-34(43(39,40)21-11-12-24-25(15-21)42-28(29,30)41-24)18-23(36)22(14-20-8-5-4-6-9-20)35(27(38)10-7-13-31)33-26(37)16-32-3/h4-6,8-9,11-12,15,19,22-23,32,36H,7,10,14,16-18H2,1-3H3,(H,33,37)/t22?,23-/m1/s1. The van der Waals surface area contributed by atoms with Gasteiger partial charge in [-0.2, -0.15) is 9.57 Å². The molecule has 2 amide bonds. The second-order valence-corrected chi connectivity index (χ2v) is 12.2. The van der Waals surface area contributed by atoms with Gasteiger partial charge >= 0.3 is 6.29 Å². The molecule has 3 N–H and O–H groups in total. The van der Waals surface area contributed by atoms with Crippen molar-refractivity contribution in [3.8, 4) is 17.6 Å². The largest absolute Gasteiger partial charge is 0.586 e. The van der Waals surface area contributed by atoms with Crippen LogP contribution in [-0.4, -0.2) is 79.8 Å². The molecule has 12 nitrogen and oxygen atoms in total. The Kier molecular flexibility index (Phi) is 11.4. The lowest BCUT2D eigenvalue weighted by molar-refractivity contribution is -0.286. The third-order valence-corrected chi connectivity index (χ3v) is 8.16. The Hall–Kier alpha value is -3.84.